The molecule has 2 aromatic rings. The largest absolute Gasteiger partial charge is 0.433 e. The van der Waals surface area contributed by atoms with Crippen molar-refractivity contribution in [3.63, 3.8) is 0 Å². The van der Waals surface area contributed by atoms with Gasteiger partial charge in [-0.2, -0.15) is 13.8 Å². The lowest BCUT2D eigenvalue weighted by Crippen LogP contribution is -2.06. The van der Waals surface area contributed by atoms with Crippen LogP contribution in [-0.4, -0.2) is 16.6 Å². The summed E-state index contributed by atoms with van der Waals surface area (Å²) in [4.78, 5) is 7.55. The minimum atomic E-state index is -2.92. The third-order valence-corrected chi connectivity index (χ3v) is 2.33. The molecule has 0 aliphatic carbocycles. The molecule has 0 spiro atoms. The quantitative estimate of drug-likeness (QED) is 0.845. The van der Waals surface area contributed by atoms with E-state index in [1.165, 1.54) is 12.3 Å². The maximum Gasteiger partial charge on any atom is 0.387 e. The lowest BCUT2D eigenvalue weighted by molar-refractivity contribution is -0.0493. The average Bonchev–Trinajstić information content (AvgIpc) is 2.35. The van der Waals surface area contributed by atoms with Gasteiger partial charge in [-0.15, -0.1) is 0 Å². The predicted molar refractivity (Wildman–Crippen MR) is 67.8 cm³/mol. The molecule has 5 nitrogen and oxygen atoms in total. The maximum absolute atomic E-state index is 12.3. The summed E-state index contributed by atoms with van der Waals surface area (Å²) in [5.74, 6) is 0.192. The Kier molecular flexibility index (Phi) is 3.96. The van der Waals surface area contributed by atoms with Crippen LogP contribution in [0.4, 0.5) is 26.0 Å². The van der Waals surface area contributed by atoms with Gasteiger partial charge in [0.05, 0.1) is 17.6 Å². The number of nitrogens with zero attached hydrogens (tertiary/aromatic N) is 2. The molecule has 0 saturated heterocycles. The second-order valence-corrected chi connectivity index (χ2v) is 3.78. The van der Waals surface area contributed by atoms with Crippen molar-refractivity contribution >= 4 is 28.8 Å². The summed E-state index contributed by atoms with van der Waals surface area (Å²) in [6, 6.07) is 6.17. The topological polar surface area (TPSA) is 73.1 Å². The van der Waals surface area contributed by atoms with Gasteiger partial charge in [0.25, 0.3) is 0 Å². The molecule has 19 heavy (non-hydrogen) atoms. The van der Waals surface area contributed by atoms with Crippen molar-refractivity contribution in [2.24, 2.45) is 0 Å². The zero-order chi connectivity index (χ0) is 13.8. The monoisotopic (exact) mass is 286 g/mol. The Morgan fingerprint density at radius 1 is 1.32 bits per heavy atom. The van der Waals surface area contributed by atoms with Crippen LogP contribution in [-0.2, 0) is 0 Å². The number of alkyl halides is 2. The van der Waals surface area contributed by atoms with Gasteiger partial charge in [-0.3, -0.25) is 0 Å². The number of benzene rings is 1. The van der Waals surface area contributed by atoms with E-state index in [0.29, 0.717) is 5.69 Å². The number of halogens is 3. The second-order valence-electron chi connectivity index (χ2n) is 3.44. The van der Waals surface area contributed by atoms with Crippen LogP contribution in [0.5, 0.6) is 5.75 Å². The van der Waals surface area contributed by atoms with Gasteiger partial charge >= 0.3 is 6.61 Å². The Hall–Kier alpha value is -2.15. The fourth-order valence-electron chi connectivity index (χ4n) is 1.37. The molecule has 0 atom stereocenters. The molecule has 0 unspecified atom stereocenters. The molecule has 0 fully saturated rings. The highest BCUT2D eigenvalue weighted by Crippen LogP contribution is 2.30. The van der Waals surface area contributed by atoms with E-state index in [0.717, 1.165) is 0 Å². The van der Waals surface area contributed by atoms with E-state index >= 15 is 0 Å². The highest BCUT2D eigenvalue weighted by atomic mass is 35.5. The van der Waals surface area contributed by atoms with Gasteiger partial charge in [-0.05, 0) is 23.7 Å². The Bertz CT molecular complexity index is 582. The van der Waals surface area contributed by atoms with Crippen molar-refractivity contribution in [1.29, 1.82) is 0 Å². The van der Waals surface area contributed by atoms with Gasteiger partial charge in [0.1, 0.15) is 5.75 Å². The van der Waals surface area contributed by atoms with Crippen LogP contribution >= 0.6 is 11.6 Å². The molecule has 3 N–H and O–H groups in total. The Morgan fingerprint density at radius 2 is 2.05 bits per heavy atom. The normalized spacial score (nSPS) is 10.5. The second kappa shape index (κ2) is 5.66. The van der Waals surface area contributed by atoms with Crippen molar-refractivity contribution in [2.45, 2.75) is 6.61 Å². The molecule has 100 valence electrons. The molecule has 1 aromatic heterocycles. The van der Waals surface area contributed by atoms with E-state index < -0.39 is 6.61 Å². The fraction of sp³-hybridized carbons (Fsp3) is 0.0909. The van der Waals surface area contributed by atoms with Crippen molar-refractivity contribution in [1.82, 2.24) is 9.97 Å². The zero-order valence-corrected chi connectivity index (χ0v) is 10.2. The van der Waals surface area contributed by atoms with E-state index in [1.54, 1.807) is 18.2 Å². The molecule has 0 aliphatic heterocycles. The number of nitrogens with one attached hydrogen (secondary N) is 1. The molecule has 0 radical (unpaired) electrons. The number of para-hydroxylation sites is 2. The molecular weight excluding hydrogens is 278 g/mol. The molecule has 2 rings (SSSR count). The van der Waals surface area contributed by atoms with Crippen LogP contribution in [0.3, 0.4) is 0 Å². The molecule has 0 aliphatic rings. The fourth-order valence-corrected chi connectivity index (χ4v) is 1.50. The Balaban J connectivity index is 2.30. The summed E-state index contributed by atoms with van der Waals surface area (Å²) >= 11 is 5.64. The first kappa shape index (κ1) is 13.3. The Morgan fingerprint density at radius 3 is 2.79 bits per heavy atom. The molecular formula is C11H9ClF2N4O. The number of hydrogen-bond donors (Lipinski definition) is 2. The summed E-state index contributed by atoms with van der Waals surface area (Å²) < 4.78 is 28.9. The molecule has 0 amide bonds. The van der Waals surface area contributed by atoms with E-state index in [4.69, 9.17) is 17.3 Å². The van der Waals surface area contributed by atoms with Crippen LogP contribution in [0, 0.1) is 0 Å². The third-order valence-electron chi connectivity index (χ3n) is 2.14. The predicted octanol–water partition coefficient (Wildman–Crippen LogP) is 3.06. The molecule has 0 saturated carbocycles. The van der Waals surface area contributed by atoms with Gasteiger partial charge in [0, 0.05) is 0 Å². The number of hydrogen-bond acceptors (Lipinski definition) is 5. The number of ether oxygens (including phenoxy) is 1. The summed E-state index contributed by atoms with van der Waals surface area (Å²) in [7, 11) is 0. The van der Waals surface area contributed by atoms with Crippen molar-refractivity contribution in [3.8, 4) is 5.75 Å². The van der Waals surface area contributed by atoms with E-state index in [1.807, 2.05) is 0 Å². The lowest BCUT2D eigenvalue weighted by atomic mass is 10.3. The van der Waals surface area contributed by atoms with Crippen LogP contribution in [0.2, 0.25) is 5.28 Å². The smallest absolute Gasteiger partial charge is 0.387 e. The number of nitrogens with two attached hydrogens (primary N) is 1. The third kappa shape index (κ3) is 3.41. The van der Waals surface area contributed by atoms with Crippen molar-refractivity contribution in [2.75, 3.05) is 11.1 Å². The van der Waals surface area contributed by atoms with Gasteiger partial charge < -0.3 is 15.8 Å². The summed E-state index contributed by atoms with van der Waals surface area (Å²) in [5, 5.41) is 2.76. The maximum atomic E-state index is 12.3. The molecule has 8 heteroatoms. The van der Waals surface area contributed by atoms with Crippen LogP contribution in [0.15, 0.2) is 30.5 Å². The Labute approximate surface area is 112 Å². The van der Waals surface area contributed by atoms with Gasteiger partial charge in [0.2, 0.25) is 5.28 Å². The number of rotatable bonds is 4. The minimum absolute atomic E-state index is 0.0102. The van der Waals surface area contributed by atoms with Gasteiger partial charge in [-0.1, -0.05) is 12.1 Å². The number of nitrogen functional groups attached to an aromatic ring is 1. The summed E-state index contributed by atoms with van der Waals surface area (Å²) in [6.07, 6.45) is 1.31. The highest BCUT2D eigenvalue weighted by molar-refractivity contribution is 6.28. The number of aromatic nitrogens is 2. The average molecular weight is 287 g/mol. The van der Waals surface area contributed by atoms with E-state index in [9.17, 15) is 8.78 Å². The van der Waals surface area contributed by atoms with Crippen molar-refractivity contribution < 1.29 is 13.5 Å². The first-order valence-electron chi connectivity index (χ1n) is 5.15. The minimum Gasteiger partial charge on any atom is -0.433 e. The van der Waals surface area contributed by atoms with Crippen LogP contribution in [0.25, 0.3) is 0 Å². The standard InChI is InChI=1S/C11H9ClF2N4O/c12-10-16-5-6(15)9(18-10)17-7-3-1-2-4-8(7)19-11(13)14/h1-5,11H,15H2,(H,16,17,18). The van der Waals surface area contributed by atoms with E-state index in [-0.39, 0.29) is 22.5 Å². The zero-order valence-electron chi connectivity index (χ0n) is 9.48. The first-order valence-corrected chi connectivity index (χ1v) is 5.53. The van der Waals surface area contributed by atoms with Crippen LogP contribution < -0.4 is 15.8 Å². The van der Waals surface area contributed by atoms with Gasteiger partial charge in [-0.25, -0.2) is 4.98 Å². The first-order chi connectivity index (χ1) is 9.06. The van der Waals surface area contributed by atoms with Gasteiger partial charge in [0.15, 0.2) is 5.82 Å². The lowest BCUT2D eigenvalue weighted by Gasteiger charge is -2.12. The molecule has 0 bridgehead atoms. The summed E-state index contributed by atoms with van der Waals surface area (Å²) in [5.41, 5.74) is 6.18. The number of anilines is 3. The SMILES string of the molecule is Nc1cnc(Cl)nc1Nc1ccccc1OC(F)F. The molecule has 1 heterocycles. The molecule has 1 aromatic carbocycles. The highest BCUT2D eigenvalue weighted by Gasteiger charge is 2.11. The van der Waals surface area contributed by atoms with Crippen molar-refractivity contribution in [3.05, 3.63) is 35.7 Å². The summed E-state index contributed by atoms with van der Waals surface area (Å²) in [6.45, 7) is -2.92. The van der Waals surface area contributed by atoms with Crippen LogP contribution in [0.1, 0.15) is 0 Å². The van der Waals surface area contributed by atoms with E-state index in [2.05, 4.69) is 20.0 Å².